The van der Waals surface area contributed by atoms with Crippen molar-refractivity contribution in [2.75, 3.05) is 5.32 Å². The third-order valence-electron chi connectivity index (χ3n) is 7.46. The number of hydrogen-bond donors (Lipinski definition) is 3. The molecule has 1 saturated carbocycles. The summed E-state index contributed by atoms with van der Waals surface area (Å²) < 4.78 is 0. The zero-order valence-corrected chi connectivity index (χ0v) is 21.2. The molecule has 192 valence electrons. The van der Waals surface area contributed by atoms with Gasteiger partial charge in [-0.1, -0.05) is 19.3 Å². The Morgan fingerprint density at radius 1 is 0.897 bits per heavy atom. The van der Waals surface area contributed by atoms with Gasteiger partial charge < -0.3 is 10.3 Å². The first-order valence-electron chi connectivity index (χ1n) is 13.2. The number of fused-ring (bicyclic) bond motifs is 2. The van der Waals surface area contributed by atoms with Crippen LogP contribution >= 0.6 is 0 Å². The van der Waals surface area contributed by atoms with Crippen LogP contribution in [0.25, 0.3) is 55.8 Å². The van der Waals surface area contributed by atoms with Crippen molar-refractivity contribution in [3.8, 4) is 33.8 Å². The van der Waals surface area contributed by atoms with Crippen LogP contribution in [0, 0.1) is 5.92 Å². The Morgan fingerprint density at radius 3 is 2.64 bits per heavy atom. The molecular formula is C30H26N8O. The van der Waals surface area contributed by atoms with Crippen LogP contribution in [0.2, 0.25) is 0 Å². The molecule has 9 nitrogen and oxygen atoms in total. The number of aromatic nitrogens is 7. The van der Waals surface area contributed by atoms with E-state index in [1.807, 2.05) is 36.4 Å². The lowest BCUT2D eigenvalue weighted by molar-refractivity contribution is -0.120. The molecule has 3 N–H and O–H groups in total. The molecule has 6 aromatic heterocycles. The fourth-order valence-corrected chi connectivity index (χ4v) is 5.44. The van der Waals surface area contributed by atoms with Crippen LogP contribution in [0.1, 0.15) is 32.1 Å². The Hall–Kier alpha value is -4.92. The van der Waals surface area contributed by atoms with Gasteiger partial charge in [0.25, 0.3) is 0 Å². The van der Waals surface area contributed by atoms with Crippen LogP contribution in [0.5, 0.6) is 0 Å². The summed E-state index contributed by atoms with van der Waals surface area (Å²) in [6.45, 7) is 0. The Kier molecular flexibility index (Phi) is 5.81. The minimum atomic E-state index is 0.0766. The highest BCUT2D eigenvalue weighted by Crippen LogP contribution is 2.33. The quantitative estimate of drug-likeness (QED) is 0.254. The summed E-state index contributed by atoms with van der Waals surface area (Å²) in [4.78, 5) is 34.2. The van der Waals surface area contributed by atoms with Crippen LogP contribution in [0.3, 0.4) is 0 Å². The van der Waals surface area contributed by atoms with Gasteiger partial charge in [-0.25, -0.2) is 9.97 Å². The van der Waals surface area contributed by atoms with Crippen LogP contribution in [0.15, 0.2) is 73.4 Å². The summed E-state index contributed by atoms with van der Waals surface area (Å²) >= 11 is 0. The Balaban J connectivity index is 1.23. The summed E-state index contributed by atoms with van der Waals surface area (Å²) in [5.41, 5.74) is 8.25. The van der Waals surface area contributed by atoms with E-state index in [1.165, 1.54) is 6.42 Å². The van der Waals surface area contributed by atoms with Crippen LogP contribution in [-0.2, 0) is 4.79 Å². The van der Waals surface area contributed by atoms with Crippen molar-refractivity contribution in [1.82, 2.24) is 35.1 Å². The second-order valence-electron chi connectivity index (χ2n) is 9.99. The predicted molar refractivity (Wildman–Crippen MR) is 151 cm³/mol. The SMILES string of the molecule is O=C(Nc1cncc(-c2ccc3[nH]nc(-c4cc5c(-c6ccncc6)ccnc5[nH]4)c3n2)c1)C1CCCCC1. The fourth-order valence-electron chi connectivity index (χ4n) is 5.44. The van der Waals surface area contributed by atoms with E-state index in [2.05, 4.69) is 41.5 Å². The van der Waals surface area contributed by atoms with Crippen LogP contribution < -0.4 is 5.32 Å². The first-order valence-corrected chi connectivity index (χ1v) is 13.2. The van der Waals surface area contributed by atoms with Gasteiger partial charge in [0.15, 0.2) is 0 Å². The smallest absolute Gasteiger partial charge is 0.227 e. The first-order chi connectivity index (χ1) is 19.2. The topological polar surface area (TPSA) is 125 Å². The van der Waals surface area contributed by atoms with E-state index in [0.29, 0.717) is 11.4 Å². The molecule has 0 aromatic carbocycles. The van der Waals surface area contributed by atoms with Gasteiger partial charge in [-0.2, -0.15) is 5.10 Å². The van der Waals surface area contributed by atoms with Gasteiger partial charge in [0.2, 0.25) is 5.91 Å². The average molecular weight is 515 g/mol. The lowest BCUT2D eigenvalue weighted by Gasteiger charge is -2.20. The lowest BCUT2D eigenvalue weighted by atomic mass is 9.88. The maximum Gasteiger partial charge on any atom is 0.227 e. The summed E-state index contributed by atoms with van der Waals surface area (Å²) in [6.07, 6.45) is 14.2. The van der Waals surface area contributed by atoms with Crippen molar-refractivity contribution in [3.05, 3.63) is 73.4 Å². The first kappa shape index (κ1) is 23.2. The van der Waals surface area contributed by atoms with Crippen molar-refractivity contribution in [2.45, 2.75) is 32.1 Å². The molecule has 1 fully saturated rings. The Morgan fingerprint density at radius 2 is 1.77 bits per heavy atom. The number of carbonyl (C=O) groups is 1. The predicted octanol–water partition coefficient (Wildman–Crippen LogP) is 6.14. The molecule has 6 aromatic rings. The largest absolute Gasteiger partial charge is 0.338 e. The highest BCUT2D eigenvalue weighted by molar-refractivity contribution is 5.99. The molecule has 9 heteroatoms. The van der Waals surface area contributed by atoms with Gasteiger partial charge in [-0.3, -0.25) is 19.9 Å². The van der Waals surface area contributed by atoms with Crippen molar-refractivity contribution >= 4 is 33.7 Å². The molecule has 1 aliphatic rings. The van der Waals surface area contributed by atoms with Crippen molar-refractivity contribution in [2.24, 2.45) is 5.92 Å². The summed E-state index contributed by atoms with van der Waals surface area (Å²) in [5, 5.41) is 11.7. The van der Waals surface area contributed by atoms with Gasteiger partial charge in [-0.15, -0.1) is 0 Å². The molecule has 0 spiro atoms. The van der Waals surface area contributed by atoms with E-state index in [-0.39, 0.29) is 11.8 Å². The number of hydrogen-bond acceptors (Lipinski definition) is 6. The standard InChI is InChI=1S/C30H26N8O/c39-30(19-4-2-1-3-5-19)34-21-14-20(16-32-17-21)24-6-7-25-27(35-24)28(38-37-25)26-15-23-22(10-13-33-29(23)36-26)18-8-11-31-12-9-18/h6-17,19H,1-5H2,(H,33,36)(H,34,39)(H,37,38). The number of nitrogens with zero attached hydrogens (tertiary/aromatic N) is 5. The maximum atomic E-state index is 12.8. The third-order valence-corrected chi connectivity index (χ3v) is 7.46. The number of carbonyl (C=O) groups excluding carboxylic acids is 1. The second kappa shape index (κ2) is 9.75. The van der Waals surface area contributed by atoms with Crippen molar-refractivity contribution in [1.29, 1.82) is 0 Å². The van der Waals surface area contributed by atoms with Gasteiger partial charge in [0.05, 0.1) is 28.8 Å². The third kappa shape index (κ3) is 4.41. The number of aromatic amines is 2. The molecule has 0 bridgehead atoms. The van der Waals surface area contributed by atoms with Gasteiger partial charge in [0, 0.05) is 41.7 Å². The normalized spacial score (nSPS) is 14.2. The average Bonchev–Trinajstić information content (AvgIpc) is 3.62. The van der Waals surface area contributed by atoms with E-state index < -0.39 is 0 Å². The number of anilines is 1. The van der Waals surface area contributed by atoms with E-state index in [4.69, 9.17) is 4.98 Å². The van der Waals surface area contributed by atoms with Crippen molar-refractivity contribution in [3.63, 3.8) is 0 Å². The molecule has 0 unspecified atom stereocenters. The molecule has 0 radical (unpaired) electrons. The highest BCUT2D eigenvalue weighted by Gasteiger charge is 2.21. The molecule has 0 atom stereocenters. The number of amides is 1. The number of rotatable bonds is 5. The Bertz CT molecular complexity index is 1800. The summed E-state index contributed by atoms with van der Waals surface area (Å²) in [6, 6.07) is 13.9. The van der Waals surface area contributed by atoms with Gasteiger partial charge in [-0.05, 0) is 66.4 Å². The highest BCUT2D eigenvalue weighted by atomic mass is 16.1. The molecule has 1 amide bonds. The van der Waals surface area contributed by atoms with Crippen LogP contribution in [-0.4, -0.2) is 41.0 Å². The van der Waals surface area contributed by atoms with Crippen molar-refractivity contribution < 1.29 is 4.79 Å². The molecule has 1 aliphatic carbocycles. The molecule has 0 saturated heterocycles. The molecule has 6 heterocycles. The number of H-pyrrole nitrogens is 2. The zero-order valence-electron chi connectivity index (χ0n) is 21.2. The Labute approximate surface area is 224 Å². The summed E-state index contributed by atoms with van der Waals surface area (Å²) in [5.74, 6) is 0.156. The van der Waals surface area contributed by atoms with E-state index in [1.54, 1.807) is 31.0 Å². The fraction of sp³-hybridized carbons (Fsp3) is 0.200. The molecule has 7 rings (SSSR count). The number of nitrogens with one attached hydrogen (secondary N) is 3. The maximum absolute atomic E-state index is 12.8. The second-order valence-corrected chi connectivity index (χ2v) is 9.99. The van der Waals surface area contributed by atoms with Gasteiger partial charge in [0.1, 0.15) is 16.9 Å². The minimum Gasteiger partial charge on any atom is -0.338 e. The van der Waals surface area contributed by atoms with Crippen LogP contribution in [0.4, 0.5) is 5.69 Å². The number of pyridine rings is 4. The minimum absolute atomic E-state index is 0.0766. The summed E-state index contributed by atoms with van der Waals surface area (Å²) in [7, 11) is 0. The zero-order chi connectivity index (χ0) is 26.2. The molecule has 39 heavy (non-hydrogen) atoms. The van der Waals surface area contributed by atoms with E-state index in [9.17, 15) is 4.79 Å². The lowest BCUT2D eigenvalue weighted by Crippen LogP contribution is -2.24. The monoisotopic (exact) mass is 514 g/mol. The molecular weight excluding hydrogens is 488 g/mol. The van der Waals surface area contributed by atoms with Gasteiger partial charge >= 0.3 is 0 Å². The molecule has 0 aliphatic heterocycles. The van der Waals surface area contributed by atoms with E-state index >= 15 is 0 Å². The van der Waals surface area contributed by atoms with E-state index in [0.717, 1.165) is 75.8 Å².